The van der Waals surface area contributed by atoms with E-state index in [1.54, 1.807) is 0 Å². The molecular weight excluding hydrogens is 528 g/mol. The molecule has 1 aliphatic carbocycles. The zero-order valence-electron chi connectivity index (χ0n) is 23.5. The molecule has 4 aromatic rings. The van der Waals surface area contributed by atoms with Gasteiger partial charge in [-0.05, 0) is 55.7 Å². The second kappa shape index (κ2) is 12.2. The van der Waals surface area contributed by atoms with E-state index >= 15 is 0 Å². The molecule has 1 saturated carbocycles. The van der Waals surface area contributed by atoms with E-state index in [1.165, 1.54) is 25.7 Å². The number of aromatic amines is 1. The van der Waals surface area contributed by atoms with E-state index in [-0.39, 0.29) is 0 Å². The molecular formula is C33H38N6OS. The second-order valence-corrected chi connectivity index (χ2v) is 12.4. The number of H-pyrrole nitrogens is 1. The van der Waals surface area contributed by atoms with Crippen LogP contribution in [0.5, 0.6) is 11.5 Å². The van der Waals surface area contributed by atoms with Gasteiger partial charge in [0.05, 0.1) is 22.9 Å². The maximum Gasteiger partial charge on any atom is 0.130 e. The summed E-state index contributed by atoms with van der Waals surface area (Å²) in [6.07, 6.45) is 8.02. The molecule has 0 unspecified atom stereocenters. The van der Waals surface area contributed by atoms with E-state index in [9.17, 15) is 0 Å². The molecule has 2 aliphatic heterocycles. The summed E-state index contributed by atoms with van der Waals surface area (Å²) in [4.78, 5) is 18.4. The van der Waals surface area contributed by atoms with Crippen molar-refractivity contribution >= 4 is 39.2 Å². The maximum absolute atomic E-state index is 6.26. The average Bonchev–Trinajstić information content (AvgIpc) is 3.79. The van der Waals surface area contributed by atoms with E-state index in [4.69, 9.17) is 9.73 Å². The van der Waals surface area contributed by atoms with E-state index in [0.717, 1.165) is 89.5 Å². The Hall–Kier alpha value is -3.49. The Morgan fingerprint density at radius 1 is 0.927 bits per heavy atom. The molecule has 2 N–H and O–H groups in total. The number of rotatable bonds is 9. The van der Waals surface area contributed by atoms with Crippen LogP contribution in [0.3, 0.4) is 0 Å². The quantitative estimate of drug-likeness (QED) is 0.233. The van der Waals surface area contributed by atoms with Crippen LogP contribution in [0.4, 0.5) is 11.5 Å². The number of hydrogen-bond donors (Lipinski definition) is 2. The predicted molar refractivity (Wildman–Crippen MR) is 171 cm³/mol. The van der Waals surface area contributed by atoms with Gasteiger partial charge in [-0.3, -0.25) is 9.89 Å². The van der Waals surface area contributed by atoms with Gasteiger partial charge in [0.25, 0.3) is 0 Å². The largest absolute Gasteiger partial charge is 0.457 e. The molecule has 1 atom stereocenters. The molecule has 7 rings (SSSR count). The first-order valence-corrected chi connectivity index (χ1v) is 16.0. The summed E-state index contributed by atoms with van der Waals surface area (Å²) in [5, 5.41) is 6.11. The summed E-state index contributed by atoms with van der Waals surface area (Å²) in [7, 11) is 0. The lowest BCUT2D eigenvalue weighted by Crippen LogP contribution is -2.47. The second-order valence-electron chi connectivity index (χ2n) is 11.4. The van der Waals surface area contributed by atoms with Gasteiger partial charge in [0, 0.05) is 62.2 Å². The highest BCUT2D eigenvalue weighted by Crippen LogP contribution is 2.36. The van der Waals surface area contributed by atoms with Gasteiger partial charge in [0.1, 0.15) is 22.4 Å². The van der Waals surface area contributed by atoms with Crippen LogP contribution in [-0.2, 0) is 0 Å². The zero-order chi connectivity index (χ0) is 27.4. The highest BCUT2D eigenvalue weighted by atomic mass is 32.2. The van der Waals surface area contributed by atoms with Gasteiger partial charge in [-0.25, -0.2) is 4.98 Å². The number of thioether (sulfide) groups is 1. The summed E-state index contributed by atoms with van der Waals surface area (Å²) in [5.41, 5.74) is 3.38. The Morgan fingerprint density at radius 2 is 1.76 bits per heavy atom. The summed E-state index contributed by atoms with van der Waals surface area (Å²) in [5.74, 6) is 3.85. The van der Waals surface area contributed by atoms with Gasteiger partial charge in [-0.15, -0.1) is 11.8 Å². The fourth-order valence-corrected chi connectivity index (χ4v) is 7.28. The Bertz CT molecular complexity index is 1480. The fraction of sp³-hybridized carbons (Fsp3) is 0.394. The van der Waals surface area contributed by atoms with Gasteiger partial charge in [0.15, 0.2) is 0 Å². The van der Waals surface area contributed by atoms with E-state index < -0.39 is 0 Å². The first-order chi connectivity index (χ1) is 20.3. The van der Waals surface area contributed by atoms with Crippen molar-refractivity contribution in [3.63, 3.8) is 0 Å². The number of nitrogens with one attached hydrogen (secondary N) is 2. The molecule has 2 fully saturated rings. The van der Waals surface area contributed by atoms with Crippen LogP contribution in [0.25, 0.3) is 10.9 Å². The van der Waals surface area contributed by atoms with Crippen LogP contribution in [0, 0.1) is 0 Å². The minimum absolute atomic E-state index is 0.364. The number of ether oxygens (including phenoxy) is 1. The van der Waals surface area contributed by atoms with Crippen molar-refractivity contribution in [1.82, 2.24) is 14.9 Å². The Labute approximate surface area is 246 Å². The van der Waals surface area contributed by atoms with Crippen molar-refractivity contribution in [3.05, 3.63) is 78.6 Å². The Balaban J connectivity index is 1.03. The van der Waals surface area contributed by atoms with Crippen LogP contribution >= 0.6 is 11.8 Å². The topological polar surface area (TPSA) is 68.8 Å². The molecule has 8 heteroatoms. The van der Waals surface area contributed by atoms with Gasteiger partial charge in [0.2, 0.25) is 0 Å². The van der Waals surface area contributed by atoms with Gasteiger partial charge in [-0.2, -0.15) is 0 Å². The van der Waals surface area contributed by atoms with Crippen molar-refractivity contribution in [2.75, 3.05) is 48.7 Å². The molecule has 1 saturated heterocycles. The zero-order valence-corrected chi connectivity index (χ0v) is 24.3. The van der Waals surface area contributed by atoms with E-state index in [2.05, 4.69) is 55.4 Å². The Morgan fingerprint density at radius 3 is 2.56 bits per heavy atom. The summed E-state index contributed by atoms with van der Waals surface area (Å²) in [6.45, 7) is 5.33. The number of anilines is 2. The van der Waals surface area contributed by atoms with Gasteiger partial charge in [-0.1, -0.05) is 37.1 Å². The van der Waals surface area contributed by atoms with Crippen molar-refractivity contribution in [3.8, 4) is 11.5 Å². The molecule has 41 heavy (non-hydrogen) atoms. The van der Waals surface area contributed by atoms with Crippen LogP contribution in [0.15, 0.2) is 77.9 Å². The lowest BCUT2D eigenvalue weighted by molar-refractivity contribution is 0.250. The van der Waals surface area contributed by atoms with Crippen molar-refractivity contribution in [2.24, 2.45) is 4.99 Å². The monoisotopic (exact) mass is 566 g/mol. The number of piperazine rings is 1. The molecule has 7 nitrogen and oxygen atoms in total. The number of aliphatic imine (C=N–C) groups is 1. The standard InChI is InChI=1S/C33H38N6OS/c1-2-10-27(11-3-1)40-28-20-24-21-30(37-32(24)29(22-28)35-25-8-4-5-9-25)33-36-26(23-41-33)13-15-38-16-18-39(19-17-38)31-12-6-7-14-34-31/h1-3,6-7,10-12,14,20-22,25-26,35,37H,4-5,8-9,13,15-19,23H2/t26-/m0/s1. The lowest BCUT2D eigenvalue weighted by Gasteiger charge is -2.35. The Kier molecular flexibility index (Phi) is 7.84. The summed E-state index contributed by atoms with van der Waals surface area (Å²) in [6, 6.07) is 23.6. The molecule has 4 heterocycles. The smallest absolute Gasteiger partial charge is 0.130 e. The van der Waals surface area contributed by atoms with Crippen molar-refractivity contribution in [2.45, 2.75) is 44.2 Å². The fourth-order valence-electron chi connectivity index (χ4n) is 6.20. The average molecular weight is 567 g/mol. The molecule has 0 radical (unpaired) electrons. The van der Waals surface area contributed by atoms with Crippen LogP contribution in [0.2, 0.25) is 0 Å². The number of aromatic nitrogens is 2. The van der Waals surface area contributed by atoms with Crippen molar-refractivity contribution in [1.29, 1.82) is 0 Å². The molecule has 212 valence electrons. The molecule has 3 aliphatic rings. The maximum atomic E-state index is 6.26. The number of benzene rings is 2. The number of nitrogens with zero attached hydrogens (tertiary/aromatic N) is 4. The minimum atomic E-state index is 0.364. The van der Waals surface area contributed by atoms with Gasteiger partial charge < -0.3 is 19.9 Å². The van der Waals surface area contributed by atoms with E-state index in [1.807, 2.05) is 54.4 Å². The highest BCUT2D eigenvalue weighted by Gasteiger charge is 2.24. The van der Waals surface area contributed by atoms with Crippen LogP contribution < -0.4 is 15.0 Å². The molecule has 2 aromatic heterocycles. The molecule has 0 amide bonds. The van der Waals surface area contributed by atoms with Crippen molar-refractivity contribution < 1.29 is 4.74 Å². The van der Waals surface area contributed by atoms with E-state index in [0.29, 0.717) is 12.1 Å². The number of fused-ring (bicyclic) bond motifs is 1. The molecule has 0 bridgehead atoms. The third kappa shape index (κ3) is 6.23. The number of hydrogen-bond acceptors (Lipinski definition) is 7. The summed E-state index contributed by atoms with van der Waals surface area (Å²) >= 11 is 1.88. The SMILES string of the molecule is c1ccc(Oc2cc(NC3CCCC3)c3[nH]c(C4=N[C@@H](CCN5CCN(c6ccccn6)CC5)CS4)cc3c2)cc1. The van der Waals surface area contributed by atoms with Crippen LogP contribution in [-0.4, -0.2) is 70.5 Å². The summed E-state index contributed by atoms with van der Waals surface area (Å²) < 4.78 is 6.26. The van der Waals surface area contributed by atoms with Gasteiger partial charge >= 0.3 is 0 Å². The third-order valence-corrected chi connectivity index (χ3v) is 9.61. The lowest BCUT2D eigenvalue weighted by atomic mass is 10.1. The highest BCUT2D eigenvalue weighted by molar-refractivity contribution is 8.14. The number of pyridine rings is 1. The van der Waals surface area contributed by atoms with Crippen LogP contribution in [0.1, 0.15) is 37.8 Å². The first kappa shape index (κ1) is 26.4. The predicted octanol–water partition coefficient (Wildman–Crippen LogP) is 6.78. The first-order valence-electron chi connectivity index (χ1n) is 15.0. The normalized spacial score (nSPS) is 20.0. The number of para-hydroxylation sites is 1. The third-order valence-electron chi connectivity index (χ3n) is 8.46. The molecule has 2 aromatic carbocycles. The molecule has 0 spiro atoms. The minimum Gasteiger partial charge on any atom is -0.457 e.